The molecule has 0 aliphatic carbocycles. The molecule has 0 radical (unpaired) electrons. The van der Waals surface area contributed by atoms with Crippen molar-refractivity contribution in [2.24, 2.45) is 0 Å². The largest absolute Gasteiger partial charge is 0.232 e. The second-order valence-corrected chi connectivity index (χ2v) is 8.93. The molecule has 0 atom stereocenters. The minimum absolute atomic E-state index is 0.199. The van der Waals surface area contributed by atoms with Gasteiger partial charge in [0.1, 0.15) is 5.82 Å². The van der Waals surface area contributed by atoms with Crippen molar-refractivity contribution in [2.75, 3.05) is 0 Å². The Bertz CT molecular complexity index is 932. The summed E-state index contributed by atoms with van der Waals surface area (Å²) in [5.41, 5.74) is 4.43. The van der Waals surface area contributed by atoms with Crippen LogP contribution in [0.4, 0.5) is 4.39 Å². The number of rotatable bonds is 4. The molecule has 3 rings (SSSR count). The number of hydrogen-bond acceptors (Lipinski definition) is 2. The maximum Gasteiger partial charge on any atom is 0.160 e. The van der Waals surface area contributed by atoms with Crippen molar-refractivity contribution >= 4 is 37.9 Å². The monoisotopic (exact) mass is 474 g/mol. The molecule has 0 fully saturated rings. The van der Waals surface area contributed by atoms with Crippen molar-refractivity contribution in [1.29, 1.82) is 0 Å². The van der Waals surface area contributed by atoms with E-state index >= 15 is 0 Å². The molecule has 3 aromatic rings. The van der Waals surface area contributed by atoms with Gasteiger partial charge in [0.25, 0.3) is 0 Å². The van der Waals surface area contributed by atoms with Gasteiger partial charge in [0.2, 0.25) is 0 Å². The Labute approximate surface area is 169 Å². The Morgan fingerprint density at radius 1 is 0.923 bits per heavy atom. The summed E-state index contributed by atoms with van der Waals surface area (Å²) >= 11 is 6.88. The molecule has 0 saturated heterocycles. The summed E-state index contributed by atoms with van der Waals surface area (Å²) < 4.78 is 14.2. The summed E-state index contributed by atoms with van der Waals surface area (Å²) in [7, 11) is 0. The molecule has 2 nitrogen and oxygen atoms in total. The molecule has 0 N–H and O–H groups in total. The lowest BCUT2D eigenvalue weighted by Gasteiger charge is -2.16. The van der Waals surface area contributed by atoms with Gasteiger partial charge in [-0.3, -0.25) is 0 Å². The summed E-state index contributed by atoms with van der Waals surface area (Å²) in [6, 6.07) is 16.3. The molecule has 0 unspecified atom stereocenters. The maximum atomic E-state index is 13.4. The lowest BCUT2D eigenvalue weighted by molar-refractivity contribution is 0.628. The van der Waals surface area contributed by atoms with E-state index in [2.05, 4.69) is 45.7 Å². The van der Waals surface area contributed by atoms with Gasteiger partial charge in [0, 0.05) is 16.7 Å². The Kier molecular flexibility index (Phi) is 5.99. The van der Waals surface area contributed by atoms with Crippen LogP contribution in [0.25, 0.3) is 28.7 Å². The van der Waals surface area contributed by atoms with E-state index in [1.165, 1.54) is 12.1 Å². The molecule has 1 heterocycles. The Balaban J connectivity index is 2.32. The van der Waals surface area contributed by atoms with Gasteiger partial charge < -0.3 is 0 Å². The Hall–Kier alpha value is -1.85. The lowest BCUT2D eigenvalue weighted by atomic mass is 9.98. The molecule has 0 aliphatic heterocycles. The SMILES string of the molecule is CC(C)c1nc(-c2ccccc2)nc(-c2ccc(F)cc2)c1C=C(Br)Br. The summed E-state index contributed by atoms with van der Waals surface area (Å²) in [4.78, 5) is 9.65. The zero-order valence-electron chi connectivity index (χ0n) is 14.4. The first-order valence-corrected chi connectivity index (χ1v) is 9.80. The highest BCUT2D eigenvalue weighted by atomic mass is 79.9. The minimum Gasteiger partial charge on any atom is -0.232 e. The van der Waals surface area contributed by atoms with Crippen molar-refractivity contribution in [3.63, 3.8) is 0 Å². The van der Waals surface area contributed by atoms with Crippen molar-refractivity contribution in [1.82, 2.24) is 9.97 Å². The van der Waals surface area contributed by atoms with Crippen LogP contribution in [0.3, 0.4) is 0 Å². The van der Waals surface area contributed by atoms with Crippen molar-refractivity contribution in [3.8, 4) is 22.6 Å². The smallest absolute Gasteiger partial charge is 0.160 e. The van der Waals surface area contributed by atoms with Crippen molar-refractivity contribution in [3.05, 3.63) is 75.1 Å². The van der Waals surface area contributed by atoms with Gasteiger partial charge in [-0.1, -0.05) is 44.2 Å². The molecule has 5 heteroatoms. The van der Waals surface area contributed by atoms with Gasteiger partial charge in [-0.05, 0) is 68.1 Å². The summed E-state index contributed by atoms with van der Waals surface area (Å²) in [5.74, 6) is 0.593. The second kappa shape index (κ2) is 8.23. The van der Waals surface area contributed by atoms with Gasteiger partial charge in [-0.25, -0.2) is 14.4 Å². The van der Waals surface area contributed by atoms with Gasteiger partial charge in [-0.2, -0.15) is 0 Å². The molecule has 0 bridgehead atoms. The highest BCUT2D eigenvalue weighted by Gasteiger charge is 2.18. The van der Waals surface area contributed by atoms with Crippen LogP contribution in [0, 0.1) is 5.82 Å². The predicted molar refractivity (Wildman–Crippen MR) is 113 cm³/mol. The zero-order chi connectivity index (χ0) is 18.7. The normalized spacial score (nSPS) is 10.8. The topological polar surface area (TPSA) is 25.8 Å². The van der Waals surface area contributed by atoms with Gasteiger partial charge in [-0.15, -0.1) is 0 Å². The number of hydrogen-bond donors (Lipinski definition) is 0. The summed E-state index contributed by atoms with van der Waals surface area (Å²) in [5, 5.41) is 0. The van der Waals surface area contributed by atoms with E-state index < -0.39 is 0 Å². The quantitative estimate of drug-likeness (QED) is 0.400. The van der Waals surface area contributed by atoms with Crippen LogP contribution >= 0.6 is 31.9 Å². The summed E-state index contributed by atoms with van der Waals surface area (Å²) in [6.07, 6.45) is 1.95. The number of aromatic nitrogens is 2. The van der Waals surface area contributed by atoms with Crippen LogP contribution in [0.2, 0.25) is 0 Å². The van der Waals surface area contributed by atoms with E-state index in [1.807, 2.05) is 36.4 Å². The third kappa shape index (κ3) is 4.27. The van der Waals surface area contributed by atoms with E-state index in [4.69, 9.17) is 9.97 Å². The standard InChI is InChI=1S/C21H17Br2FN2/c1-13(2)19-17(12-18(22)23)20(14-8-10-16(24)11-9-14)26-21(25-19)15-6-4-3-5-7-15/h3-13H,1-2H3. The summed E-state index contributed by atoms with van der Waals surface area (Å²) in [6.45, 7) is 4.20. The molecular formula is C21H17Br2FN2. The third-order valence-electron chi connectivity index (χ3n) is 3.93. The van der Waals surface area contributed by atoms with Crippen LogP contribution < -0.4 is 0 Å². The lowest BCUT2D eigenvalue weighted by Crippen LogP contribution is -2.05. The van der Waals surface area contributed by atoms with Crippen molar-refractivity contribution in [2.45, 2.75) is 19.8 Å². The van der Waals surface area contributed by atoms with E-state index in [-0.39, 0.29) is 11.7 Å². The number of nitrogens with zero attached hydrogens (tertiary/aromatic N) is 2. The fourth-order valence-electron chi connectivity index (χ4n) is 2.72. The van der Waals surface area contributed by atoms with Gasteiger partial charge >= 0.3 is 0 Å². The molecule has 0 amide bonds. The first kappa shape index (κ1) is 18.9. The molecule has 26 heavy (non-hydrogen) atoms. The fourth-order valence-corrected chi connectivity index (χ4v) is 3.18. The van der Waals surface area contributed by atoms with Gasteiger partial charge in [0.15, 0.2) is 5.82 Å². The molecular weight excluding hydrogens is 459 g/mol. The van der Waals surface area contributed by atoms with E-state index in [0.29, 0.717) is 5.82 Å². The molecule has 0 saturated carbocycles. The Morgan fingerprint density at radius 2 is 1.58 bits per heavy atom. The average Bonchev–Trinajstić information content (AvgIpc) is 2.62. The van der Waals surface area contributed by atoms with Crippen LogP contribution in [0.5, 0.6) is 0 Å². The molecule has 0 spiro atoms. The van der Waals surface area contributed by atoms with E-state index in [0.717, 1.165) is 31.5 Å². The molecule has 0 aliphatic rings. The Morgan fingerprint density at radius 3 is 2.15 bits per heavy atom. The highest BCUT2D eigenvalue weighted by molar-refractivity contribution is 9.28. The zero-order valence-corrected chi connectivity index (χ0v) is 17.6. The molecule has 2 aromatic carbocycles. The van der Waals surface area contributed by atoms with Crippen LogP contribution in [-0.2, 0) is 0 Å². The first-order valence-electron chi connectivity index (χ1n) is 8.21. The number of benzene rings is 2. The van der Waals surface area contributed by atoms with E-state index in [9.17, 15) is 4.39 Å². The van der Waals surface area contributed by atoms with Gasteiger partial charge in [0.05, 0.1) is 14.8 Å². The predicted octanol–water partition coefficient (Wildman–Crippen LogP) is 7.16. The average molecular weight is 476 g/mol. The molecule has 132 valence electrons. The first-order chi connectivity index (χ1) is 12.5. The minimum atomic E-state index is -0.270. The number of halogens is 3. The maximum absolute atomic E-state index is 13.4. The van der Waals surface area contributed by atoms with Crippen LogP contribution in [0.1, 0.15) is 31.0 Å². The van der Waals surface area contributed by atoms with E-state index in [1.54, 1.807) is 12.1 Å². The fraction of sp³-hybridized carbons (Fsp3) is 0.143. The third-order valence-corrected chi connectivity index (χ3v) is 4.38. The van der Waals surface area contributed by atoms with Crippen LogP contribution in [-0.4, -0.2) is 9.97 Å². The highest BCUT2D eigenvalue weighted by Crippen LogP contribution is 2.33. The molecule has 1 aromatic heterocycles. The van der Waals surface area contributed by atoms with Crippen molar-refractivity contribution < 1.29 is 4.39 Å². The second-order valence-electron chi connectivity index (χ2n) is 6.16. The van der Waals surface area contributed by atoms with Crippen LogP contribution in [0.15, 0.2) is 58.0 Å².